The number of carbonyl (C=O) groups is 1. The van der Waals surface area contributed by atoms with E-state index in [0.717, 1.165) is 12.1 Å². The third kappa shape index (κ3) is 3.83. The quantitative estimate of drug-likeness (QED) is 0.794. The Morgan fingerprint density at radius 1 is 1.33 bits per heavy atom. The van der Waals surface area contributed by atoms with Crippen molar-refractivity contribution in [1.29, 1.82) is 0 Å². The molecule has 1 amide bonds. The molecule has 146 valence electrons. The van der Waals surface area contributed by atoms with Crippen molar-refractivity contribution in [2.24, 2.45) is 0 Å². The SMILES string of the molecule is COC(=O)N1CC[C@H](c2cc(=O)[nH]o2)C[C@@H]1c1ccc(C(F)(F)F)cc1F. The highest BCUT2D eigenvalue weighted by Crippen LogP contribution is 2.41. The van der Waals surface area contributed by atoms with Crippen LogP contribution in [0.15, 0.2) is 33.6 Å². The molecule has 6 nitrogen and oxygen atoms in total. The van der Waals surface area contributed by atoms with Crippen molar-refractivity contribution in [2.45, 2.75) is 31.0 Å². The van der Waals surface area contributed by atoms with Gasteiger partial charge in [-0.05, 0) is 25.0 Å². The number of likely N-dealkylation sites (tertiary alicyclic amines) is 1. The molecule has 1 N–H and O–H groups in total. The van der Waals surface area contributed by atoms with Crippen LogP contribution >= 0.6 is 0 Å². The van der Waals surface area contributed by atoms with E-state index < -0.39 is 35.3 Å². The standard InChI is InChI=1S/C17H16F4N2O4/c1-26-16(25)23-5-4-9(14-8-15(24)22-27-14)6-13(23)11-3-2-10(7-12(11)18)17(19,20)21/h2-3,7-9,13H,4-6H2,1H3,(H,22,24)/t9-,13+/m0/s1. The summed E-state index contributed by atoms with van der Waals surface area (Å²) in [7, 11) is 1.17. The molecule has 10 heteroatoms. The Labute approximate surface area is 150 Å². The summed E-state index contributed by atoms with van der Waals surface area (Å²) in [5.74, 6) is -1.03. The fourth-order valence-corrected chi connectivity index (χ4v) is 3.33. The average Bonchev–Trinajstić information content (AvgIpc) is 3.06. The topological polar surface area (TPSA) is 75.5 Å². The van der Waals surface area contributed by atoms with Crippen LogP contribution in [0, 0.1) is 5.82 Å². The summed E-state index contributed by atoms with van der Waals surface area (Å²) in [6.07, 6.45) is -4.80. The van der Waals surface area contributed by atoms with Crippen LogP contribution < -0.4 is 5.56 Å². The van der Waals surface area contributed by atoms with Crippen LogP contribution in [0.5, 0.6) is 0 Å². The molecule has 3 rings (SSSR count). The minimum absolute atomic E-state index is 0.0593. The zero-order valence-electron chi connectivity index (χ0n) is 14.2. The lowest BCUT2D eigenvalue weighted by molar-refractivity contribution is -0.137. The summed E-state index contributed by atoms with van der Waals surface area (Å²) in [5, 5.41) is 2.17. The lowest BCUT2D eigenvalue weighted by atomic mass is 9.85. The molecule has 27 heavy (non-hydrogen) atoms. The van der Waals surface area contributed by atoms with Crippen LogP contribution in [-0.2, 0) is 10.9 Å². The number of aromatic amines is 1. The maximum absolute atomic E-state index is 14.5. The molecule has 0 bridgehead atoms. The Morgan fingerprint density at radius 3 is 2.63 bits per heavy atom. The number of ether oxygens (including phenoxy) is 1. The fourth-order valence-electron chi connectivity index (χ4n) is 3.33. The van der Waals surface area contributed by atoms with Crippen molar-refractivity contribution >= 4 is 6.09 Å². The maximum atomic E-state index is 14.5. The third-order valence-corrected chi connectivity index (χ3v) is 4.64. The van der Waals surface area contributed by atoms with Gasteiger partial charge in [0.2, 0.25) is 0 Å². The van der Waals surface area contributed by atoms with Crippen molar-refractivity contribution in [2.75, 3.05) is 13.7 Å². The number of benzene rings is 1. The van der Waals surface area contributed by atoms with Crippen LogP contribution in [0.25, 0.3) is 0 Å². The number of amides is 1. The number of alkyl halides is 3. The lowest BCUT2D eigenvalue weighted by Gasteiger charge is -2.38. The predicted molar refractivity (Wildman–Crippen MR) is 84.6 cm³/mol. The van der Waals surface area contributed by atoms with Crippen molar-refractivity contribution in [3.63, 3.8) is 0 Å². The molecular formula is C17H16F4N2O4. The number of hydrogen-bond acceptors (Lipinski definition) is 4. The zero-order chi connectivity index (χ0) is 19.8. The van der Waals surface area contributed by atoms with Gasteiger partial charge < -0.3 is 14.2 Å². The van der Waals surface area contributed by atoms with Gasteiger partial charge in [-0.1, -0.05) is 6.07 Å². The molecule has 1 fully saturated rings. The van der Waals surface area contributed by atoms with E-state index in [-0.39, 0.29) is 24.4 Å². The lowest BCUT2D eigenvalue weighted by Crippen LogP contribution is -2.40. The second kappa shape index (κ2) is 7.09. The Hall–Kier alpha value is -2.78. The average molecular weight is 388 g/mol. The van der Waals surface area contributed by atoms with Gasteiger partial charge in [-0.3, -0.25) is 4.79 Å². The second-order valence-corrected chi connectivity index (χ2v) is 6.25. The van der Waals surface area contributed by atoms with Crippen LogP contribution in [0.3, 0.4) is 0 Å². The number of carbonyl (C=O) groups excluding carboxylic acids is 1. The summed E-state index contributed by atoms with van der Waals surface area (Å²) >= 11 is 0. The third-order valence-electron chi connectivity index (χ3n) is 4.64. The molecule has 0 radical (unpaired) electrons. The van der Waals surface area contributed by atoms with Crippen LogP contribution in [0.4, 0.5) is 22.4 Å². The smallest absolute Gasteiger partial charge is 0.416 e. The Morgan fingerprint density at radius 2 is 2.07 bits per heavy atom. The molecule has 1 aliphatic rings. The van der Waals surface area contributed by atoms with Crippen molar-refractivity contribution in [3.05, 3.63) is 57.3 Å². The summed E-state index contributed by atoms with van der Waals surface area (Å²) in [4.78, 5) is 24.6. The van der Waals surface area contributed by atoms with Gasteiger partial charge in [0.25, 0.3) is 5.56 Å². The Balaban J connectivity index is 1.96. The van der Waals surface area contributed by atoms with Crippen molar-refractivity contribution in [3.8, 4) is 0 Å². The van der Waals surface area contributed by atoms with Gasteiger partial charge in [0, 0.05) is 24.1 Å². The minimum atomic E-state index is -4.68. The van der Waals surface area contributed by atoms with E-state index in [1.54, 1.807) is 0 Å². The molecule has 1 aliphatic heterocycles. The molecule has 0 saturated carbocycles. The predicted octanol–water partition coefficient (Wildman–Crippen LogP) is 3.81. The first kappa shape index (κ1) is 19.0. The van der Waals surface area contributed by atoms with E-state index in [2.05, 4.69) is 5.16 Å². The van der Waals surface area contributed by atoms with E-state index in [0.29, 0.717) is 18.2 Å². The second-order valence-electron chi connectivity index (χ2n) is 6.25. The van der Waals surface area contributed by atoms with E-state index >= 15 is 0 Å². The highest BCUT2D eigenvalue weighted by molar-refractivity contribution is 5.68. The largest absolute Gasteiger partial charge is 0.453 e. The molecule has 0 spiro atoms. The number of aromatic nitrogens is 1. The number of H-pyrrole nitrogens is 1. The molecule has 2 heterocycles. The molecule has 1 aromatic heterocycles. The molecule has 1 aromatic carbocycles. The van der Waals surface area contributed by atoms with E-state index in [4.69, 9.17) is 9.26 Å². The molecule has 0 aliphatic carbocycles. The minimum Gasteiger partial charge on any atom is -0.453 e. The van der Waals surface area contributed by atoms with Gasteiger partial charge in [-0.15, -0.1) is 0 Å². The first-order valence-electron chi connectivity index (χ1n) is 8.10. The van der Waals surface area contributed by atoms with E-state index in [1.165, 1.54) is 18.1 Å². The summed E-state index contributed by atoms with van der Waals surface area (Å²) in [6, 6.07) is 2.60. The summed E-state index contributed by atoms with van der Waals surface area (Å²) < 4.78 is 62.7. The summed E-state index contributed by atoms with van der Waals surface area (Å²) in [5.41, 5.74) is -1.61. The molecule has 2 atom stereocenters. The number of piperidine rings is 1. The van der Waals surface area contributed by atoms with Crippen molar-refractivity contribution < 1.29 is 31.6 Å². The number of methoxy groups -OCH3 is 1. The van der Waals surface area contributed by atoms with Crippen molar-refractivity contribution in [1.82, 2.24) is 10.1 Å². The van der Waals surface area contributed by atoms with E-state index in [9.17, 15) is 27.2 Å². The fraction of sp³-hybridized carbons (Fsp3) is 0.412. The van der Waals surface area contributed by atoms with E-state index in [1.807, 2.05) is 0 Å². The number of nitrogens with zero attached hydrogens (tertiary/aromatic N) is 1. The van der Waals surface area contributed by atoms with Gasteiger partial charge in [0.1, 0.15) is 11.6 Å². The molecule has 0 unspecified atom stereocenters. The molecule has 1 saturated heterocycles. The highest BCUT2D eigenvalue weighted by Gasteiger charge is 2.38. The molecular weight excluding hydrogens is 372 g/mol. The van der Waals surface area contributed by atoms with Crippen LogP contribution in [-0.4, -0.2) is 29.8 Å². The number of nitrogens with one attached hydrogen (secondary N) is 1. The van der Waals surface area contributed by atoms with Gasteiger partial charge >= 0.3 is 12.3 Å². The Kier molecular flexibility index (Phi) is 4.99. The monoisotopic (exact) mass is 388 g/mol. The summed E-state index contributed by atoms with van der Waals surface area (Å²) in [6.45, 7) is 0.164. The van der Waals surface area contributed by atoms with Crippen LogP contribution in [0.2, 0.25) is 0 Å². The Bertz CT molecular complexity index is 890. The normalized spacial score (nSPS) is 20.6. The first-order chi connectivity index (χ1) is 12.7. The maximum Gasteiger partial charge on any atom is 0.416 e. The molecule has 2 aromatic rings. The van der Waals surface area contributed by atoms with Gasteiger partial charge in [0.05, 0.1) is 18.7 Å². The van der Waals surface area contributed by atoms with Crippen LogP contribution in [0.1, 0.15) is 41.7 Å². The number of halogens is 4. The van der Waals surface area contributed by atoms with Gasteiger partial charge in [-0.25, -0.2) is 9.18 Å². The number of rotatable bonds is 2. The zero-order valence-corrected chi connectivity index (χ0v) is 14.2. The number of hydrogen-bond donors (Lipinski definition) is 1. The first-order valence-corrected chi connectivity index (χ1v) is 8.10. The van der Waals surface area contributed by atoms with Gasteiger partial charge in [0.15, 0.2) is 0 Å². The highest BCUT2D eigenvalue weighted by atomic mass is 19.4. The van der Waals surface area contributed by atoms with Gasteiger partial charge in [-0.2, -0.15) is 18.3 Å².